The molecule has 1 atom stereocenters. The van der Waals surface area contributed by atoms with Crippen LogP contribution < -0.4 is 10.9 Å². The second-order valence-corrected chi connectivity index (χ2v) is 5.99. The number of carbonyl (C=O) groups is 1. The fraction of sp³-hybridized carbons (Fsp3) is 0.158. The maximum absolute atomic E-state index is 12.8. The number of benzene rings is 2. The van der Waals surface area contributed by atoms with E-state index >= 15 is 0 Å². The van der Waals surface area contributed by atoms with Crippen molar-refractivity contribution in [2.45, 2.75) is 19.4 Å². The van der Waals surface area contributed by atoms with Gasteiger partial charge in [-0.1, -0.05) is 31.2 Å². The SMILES string of the molecule is CC[C@H](C(=O)Nc1nc2ccccc2[nH]1)n1cnc2ccccc2c1=O. The Morgan fingerprint density at radius 1 is 1.15 bits per heavy atom. The number of amides is 1. The van der Waals surface area contributed by atoms with E-state index in [9.17, 15) is 9.59 Å². The van der Waals surface area contributed by atoms with Crippen LogP contribution in [0.25, 0.3) is 21.9 Å². The number of fused-ring (bicyclic) bond motifs is 2. The first kappa shape index (κ1) is 16.0. The van der Waals surface area contributed by atoms with Gasteiger partial charge in [0, 0.05) is 0 Å². The number of para-hydroxylation sites is 3. The Bertz CT molecular complexity index is 1130. The van der Waals surface area contributed by atoms with Gasteiger partial charge in [0.05, 0.1) is 28.3 Å². The molecule has 0 unspecified atom stereocenters. The van der Waals surface area contributed by atoms with Crippen molar-refractivity contribution in [2.75, 3.05) is 5.32 Å². The van der Waals surface area contributed by atoms with E-state index in [2.05, 4.69) is 20.3 Å². The summed E-state index contributed by atoms with van der Waals surface area (Å²) in [7, 11) is 0. The van der Waals surface area contributed by atoms with Crippen molar-refractivity contribution >= 4 is 33.8 Å². The average Bonchev–Trinajstić information content (AvgIpc) is 3.06. The Balaban J connectivity index is 1.67. The molecule has 4 aromatic rings. The Morgan fingerprint density at radius 3 is 2.65 bits per heavy atom. The van der Waals surface area contributed by atoms with Gasteiger partial charge in [0.2, 0.25) is 11.9 Å². The highest BCUT2D eigenvalue weighted by Gasteiger charge is 2.21. The number of aromatic nitrogens is 4. The molecule has 7 nitrogen and oxygen atoms in total. The number of aromatic amines is 1. The molecule has 7 heteroatoms. The van der Waals surface area contributed by atoms with Crippen LogP contribution in [-0.2, 0) is 4.79 Å². The van der Waals surface area contributed by atoms with Crippen molar-refractivity contribution in [1.82, 2.24) is 19.5 Å². The molecular formula is C19H17N5O2. The van der Waals surface area contributed by atoms with E-state index in [-0.39, 0.29) is 11.5 Å². The minimum Gasteiger partial charge on any atom is -0.324 e. The van der Waals surface area contributed by atoms with Gasteiger partial charge < -0.3 is 4.98 Å². The van der Waals surface area contributed by atoms with Crippen molar-refractivity contribution < 1.29 is 4.79 Å². The zero-order valence-corrected chi connectivity index (χ0v) is 14.1. The van der Waals surface area contributed by atoms with Crippen LogP contribution in [0.3, 0.4) is 0 Å². The molecule has 0 aliphatic heterocycles. The summed E-state index contributed by atoms with van der Waals surface area (Å²) in [6.07, 6.45) is 1.88. The van der Waals surface area contributed by atoms with Crippen LogP contribution in [0.2, 0.25) is 0 Å². The highest BCUT2D eigenvalue weighted by molar-refractivity contribution is 5.94. The van der Waals surface area contributed by atoms with Crippen LogP contribution in [0.5, 0.6) is 0 Å². The normalized spacial score (nSPS) is 12.3. The summed E-state index contributed by atoms with van der Waals surface area (Å²) in [5.74, 6) is 0.0437. The quantitative estimate of drug-likeness (QED) is 0.594. The van der Waals surface area contributed by atoms with E-state index in [0.29, 0.717) is 23.3 Å². The van der Waals surface area contributed by atoms with E-state index in [1.54, 1.807) is 18.2 Å². The number of nitrogens with one attached hydrogen (secondary N) is 2. The number of hydrogen-bond donors (Lipinski definition) is 2. The predicted molar refractivity (Wildman–Crippen MR) is 100 cm³/mol. The number of hydrogen-bond acceptors (Lipinski definition) is 4. The molecule has 0 saturated heterocycles. The molecule has 2 aromatic heterocycles. The number of H-pyrrole nitrogens is 1. The molecule has 0 radical (unpaired) electrons. The van der Waals surface area contributed by atoms with Crippen LogP contribution in [0.4, 0.5) is 5.95 Å². The minimum absolute atomic E-state index is 0.234. The average molecular weight is 347 g/mol. The number of rotatable bonds is 4. The van der Waals surface area contributed by atoms with Gasteiger partial charge in [0.1, 0.15) is 6.04 Å². The van der Waals surface area contributed by atoms with Crippen LogP contribution >= 0.6 is 0 Å². The summed E-state index contributed by atoms with van der Waals surface area (Å²) in [6, 6.07) is 13.9. The lowest BCUT2D eigenvalue weighted by atomic mass is 10.2. The van der Waals surface area contributed by atoms with Gasteiger partial charge in [0.25, 0.3) is 5.56 Å². The van der Waals surface area contributed by atoms with Gasteiger partial charge in [-0.25, -0.2) is 9.97 Å². The summed E-state index contributed by atoms with van der Waals surface area (Å²) >= 11 is 0. The summed E-state index contributed by atoms with van der Waals surface area (Å²) in [5, 5.41) is 3.25. The molecule has 2 aromatic carbocycles. The summed E-state index contributed by atoms with van der Waals surface area (Å²) in [6.45, 7) is 1.85. The lowest BCUT2D eigenvalue weighted by molar-refractivity contribution is -0.119. The Labute approximate surface area is 148 Å². The maximum atomic E-state index is 12.8. The number of imidazole rings is 1. The highest BCUT2D eigenvalue weighted by atomic mass is 16.2. The molecule has 1 amide bonds. The fourth-order valence-corrected chi connectivity index (χ4v) is 3.03. The number of carbonyl (C=O) groups excluding carboxylic acids is 1. The van der Waals surface area contributed by atoms with E-state index in [4.69, 9.17) is 0 Å². The summed E-state index contributed by atoms with van der Waals surface area (Å²) < 4.78 is 1.38. The van der Waals surface area contributed by atoms with Crippen molar-refractivity contribution in [2.24, 2.45) is 0 Å². The molecule has 0 fully saturated rings. The third kappa shape index (κ3) is 2.73. The third-order valence-electron chi connectivity index (χ3n) is 4.35. The van der Waals surface area contributed by atoms with Gasteiger partial charge in [-0.3, -0.25) is 19.5 Å². The van der Waals surface area contributed by atoms with E-state index in [1.807, 2.05) is 37.3 Å². The topological polar surface area (TPSA) is 92.7 Å². The van der Waals surface area contributed by atoms with E-state index in [1.165, 1.54) is 10.9 Å². The number of anilines is 1. The van der Waals surface area contributed by atoms with Crippen molar-refractivity contribution in [3.05, 3.63) is 65.2 Å². The summed E-state index contributed by atoms with van der Waals surface area (Å²) in [5.41, 5.74) is 1.98. The van der Waals surface area contributed by atoms with Crippen molar-refractivity contribution in [3.63, 3.8) is 0 Å². The Kier molecular flexibility index (Phi) is 3.96. The fourth-order valence-electron chi connectivity index (χ4n) is 3.03. The lowest BCUT2D eigenvalue weighted by Gasteiger charge is -2.17. The molecule has 0 bridgehead atoms. The maximum Gasteiger partial charge on any atom is 0.261 e. The molecule has 2 heterocycles. The largest absolute Gasteiger partial charge is 0.324 e. The molecular weight excluding hydrogens is 330 g/mol. The number of nitrogens with zero attached hydrogens (tertiary/aromatic N) is 3. The lowest BCUT2D eigenvalue weighted by Crippen LogP contribution is -2.33. The standard InChI is InChI=1S/C19H17N5O2/c1-2-16(24-11-20-13-8-4-3-7-12(13)18(24)26)17(25)23-19-21-14-9-5-6-10-15(14)22-19/h3-11,16H,2H2,1H3,(H2,21,22,23,25)/t16-/m1/s1. The van der Waals surface area contributed by atoms with Gasteiger partial charge >= 0.3 is 0 Å². The van der Waals surface area contributed by atoms with E-state index in [0.717, 1.165) is 11.0 Å². The molecule has 4 rings (SSSR count). The van der Waals surface area contributed by atoms with Crippen LogP contribution in [0.15, 0.2) is 59.7 Å². The highest BCUT2D eigenvalue weighted by Crippen LogP contribution is 2.17. The van der Waals surface area contributed by atoms with Crippen molar-refractivity contribution in [1.29, 1.82) is 0 Å². The second kappa shape index (κ2) is 6.44. The zero-order valence-electron chi connectivity index (χ0n) is 14.1. The van der Waals surface area contributed by atoms with Crippen LogP contribution in [0.1, 0.15) is 19.4 Å². The smallest absolute Gasteiger partial charge is 0.261 e. The molecule has 2 N–H and O–H groups in total. The van der Waals surface area contributed by atoms with Gasteiger partial charge in [-0.15, -0.1) is 0 Å². The van der Waals surface area contributed by atoms with Gasteiger partial charge in [-0.05, 0) is 30.7 Å². The Hall–Kier alpha value is -3.48. The molecule has 0 saturated carbocycles. The molecule has 26 heavy (non-hydrogen) atoms. The second-order valence-electron chi connectivity index (χ2n) is 5.99. The molecule has 0 aliphatic rings. The first-order valence-electron chi connectivity index (χ1n) is 8.39. The Morgan fingerprint density at radius 2 is 1.88 bits per heavy atom. The monoisotopic (exact) mass is 347 g/mol. The minimum atomic E-state index is -0.673. The first-order valence-corrected chi connectivity index (χ1v) is 8.39. The zero-order chi connectivity index (χ0) is 18.1. The van der Waals surface area contributed by atoms with Gasteiger partial charge in [0.15, 0.2) is 0 Å². The van der Waals surface area contributed by atoms with Crippen LogP contribution in [-0.4, -0.2) is 25.4 Å². The molecule has 0 aliphatic carbocycles. The van der Waals surface area contributed by atoms with Crippen molar-refractivity contribution in [3.8, 4) is 0 Å². The molecule has 0 spiro atoms. The first-order chi connectivity index (χ1) is 12.7. The third-order valence-corrected chi connectivity index (χ3v) is 4.35. The summed E-state index contributed by atoms with van der Waals surface area (Å²) in [4.78, 5) is 37.2. The van der Waals surface area contributed by atoms with E-state index < -0.39 is 6.04 Å². The van der Waals surface area contributed by atoms with Gasteiger partial charge in [-0.2, -0.15) is 0 Å². The predicted octanol–water partition coefficient (Wildman–Crippen LogP) is 2.86. The molecule has 130 valence electrons. The van der Waals surface area contributed by atoms with Crippen LogP contribution in [0, 0.1) is 0 Å².